The fourth-order valence-corrected chi connectivity index (χ4v) is 5.42. The molecular weight excluding hydrogens is 560 g/mol. The first-order valence-corrected chi connectivity index (χ1v) is 12.8. The molecule has 0 aliphatic carbocycles. The highest BCUT2D eigenvalue weighted by Gasteiger charge is 2.51. The van der Waals surface area contributed by atoms with Crippen LogP contribution in [0, 0.1) is 6.92 Å². The van der Waals surface area contributed by atoms with E-state index in [1.165, 1.54) is 55.6 Å². The number of halogens is 3. The monoisotopic (exact) mass is 579 g/mol. The van der Waals surface area contributed by atoms with Crippen LogP contribution in [0.1, 0.15) is 38.6 Å². The van der Waals surface area contributed by atoms with E-state index in [0.29, 0.717) is 15.6 Å². The summed E-state index contributed by atoms with van der Waals surface area (Å²) in [6.45, 7) is 2.91. The first-order valence-electron chi connectivity index (χ1n) is 11.1. The maximum atomic E-state index is 15.8. The van der Waals surface area contributed by atoms with E-state index in [2.05, 4.69) is 10.3 Å². The summed E-state index contributed by atoms with van der Waals surface area (Å²) in [6.07, 6.45) is -2.28. The van der Waals surface area contributed by atoms with E-state index >= 15 is 4.39 Å². The van der Waals surface area contributed by atoms with Gasteiger partial charge in [-0.05, 0) is 61.0 Å². The normalized spacial score (nSPS) is 20.6. The summed E-state index contributed by atoms with van der Waals surface area (Å²) in [5, 5.41) is 1.93. The summed E-state index contributed by atoms with van der Waals surface area (Å²) >= 11 is 12.6. The van der Waals surface area contributed by atoms with Crippen LogP contribution >= 0.6 is 35.0 Å². The molecule has 198 valence electrons. The second kappa shape index (κ2) is 11.5. The van der Waals surface area contributed by atoms with Gasteiger partial charge in [0.25, 0.3) is 0 Å². The molecule has 1 saturated heterocycles. The van der Waals surface area contributed by atoms with E-state index in [4.69, 9.17) is 32.7 Å². The number of amides is 1. The van der Waals surface area contributed by atoms with E-state index in [1.807, 2.05) is 0 Å². The highest BCUT2D eigenvalue weighted by molar-refractivity contribution is 8.00. The molecule has 1 fully saturated rings. The van der Waals surface area contributed by atoms with Crippen molar-refractivity contribution in [2.45, 2.75) is 36.9 Å². The quantitative estimate of drug-likeness (QED) is 0.413. The molecule has 38 heavy (non-hydrogen) atoms. The van der Waals surface area contributed by atoms with Gasteiger partial charge in [0.05, 0.1) is 11.1 Å². The van der Waals surface area contributed by atoms with Gasteiger partial charge in [-0.15, -0.1) is 0 Å². The van der Waals surface area contributed by atoms with Gasteiger partial charge in [-0.1, -0.05) is 35.0 Å². The van der Waals surface area contributed by atoms with Crippen LogP contribution in [-0.4, -0.2) is 45.1 Å². The van der Waals surface area contributed by atoms with Crippen molar-refractivity contribution in [3.8, 4) is 0 Å². The number of hydrogen-bond acceptors (Lipinski definition) is 8. The second-order valence-corrected chi connectivity index (χ2v) is 10.4. The van der Waals surface area contributed by atoms with Crippen molar-refractivity contribution in [3.05, 3.63) is 91.9 Å². The minimum absolute atomic E-state index is 0.0101. The Morgan fingerprint density at radius 3 is 2.34 bits per heavy atom. The fraction of sp³-hybridized carbons (Fsp3) is 0.240. The lowest BCUT2D eigenvalue weighted by atomic mass is 10.1. The molecule has 0 unspecified atom stereocenters. The van der Waals surface area contributed by atoms with Gasteiger partial charge in [0.2, 0.25) is 5.91 Å². The van der Waals surface area contributed by atoms with Crippen LogP contribution in [0.5, 0.6) is 0 Å². The van der Waals surface area contributed by atoms with Crippen molar-refractivity contribution in [2.75, 3.05) is 5.32 Å². The summed E-state index contributed by atoms with van der Waals surface area (Å²) in [7, 11) is 0. The number of hydrogen-bond donors (Lipinski definition) is 1. The smallest absolute Gasteiger partial charge is 0.350 e. The van der Waals surface area contributed by atoms with Crippen LogP contribution in [0.3, 0.4) is 0 Å². The number of esters is 2. The molecule has 2 aromatic carbocycles. The van der Waals surface area contributed by atoms with Crippen molar-refractivity contribution in [1.29, 1.82) is 0 Å². The van der Waals surface area contributed by atoms with Crippen molar-refractivity contribution >= 4 is 58.6 Å². The van der Waals surface area contributed by atoms with E-state index in [0.717, 1.165) is 16.3 Å². The number of ether oxygens (including phenoxy) is 2. The zero-order chi connectivity index (χ0) is 27.6. The summed E-state index contributed by atoms with van der Waals surface area (Å²) in [6, 6.07) is 11.6. The van der Waals surface area contributed by atoms with Crippen LogP contribution in [0.15, 0.2) is 59.5 Å². The van der Waals surface area contributed by atoms with Crippen LogP contribution < -0.4 is 11.0 Å². The number of carbonyl (C=O) groups excluding carboxylic acids is 3. The number of nitrogens with zero attached hydrogens (tertiary/aromatic N) is 2. The van der Waals surface area contributed by atoms with Crippen molar-refractivity contribution in [3.63, 3.8) is 0 Å². The average Bonchev–Trinajstić information content (AvgIpc) is 3.13. The van der Waals surface area contributed by atoms with Crippen LogP contribution in [0.2, 0.25) is 10.0 Å². The van der Waals surface area contributed by atoms with E-state index < -0.39 is 46.6 Å². The Labute approximate surface area is 230 Å². The number of thioether (sulfide) groups is 1. The highest BCUT2D eigenvalue weighted by Crippen LogP contribution is 2.45. The SMILES string of the molecule is CC(=O)Nc1ccn([C@@H]2S[C@@H](OC(=O)c3ccc(Cl)cc3C)[C@@H](OC(=O)c3ccc(Cl)cc3)[C@@H]2F)c(=O)n1. The highest BCUT2D eigenvalue weighted by atomic mass is 35.5. The Hall–Kier alpha value is -3.41. The third-order valence-electron chi connectivity index (χ3n) is 5.49. The lowest BCUT2D eigenvalue weighted by Crippen LogP contribution is -2.37. The summed E-state index contributed by atoms with van der Waals surface area (Å²) < 4.78 is 27.8. The van der Waals surface area contributed by atoms with Crippen LogP contribution in [0.25, 0.3) is 0 Å². The lowest BCUT2D eigenvalue weighted by Gasteiger charge is -2.21. The number of aryl methyl sites for hydroxylation is 1. The summed E-state index contributed by atoms with van der Waals surface area (Å²) in [5.41, 5.74) is -1.35. The molecule has 1 N–H and O–H groups in total. The maximum Gasteiger partial charge on any atom is 0.350 e. The Kier molecular flexibility index (Phi) is 8.39. The number of benzene rings is 2. The van der Waals surface area contributed by atoms with E-state index in [-0.39, 0.29) is 16.9 Å². The predicted molar refractivity (Wildman–Crippen MR) is 140 cm³/mol. The first-order chi connectivity index (χ1) is 18.0. The molecular formula is C25H20Cl2FN3O6S. The van der Waals surface area contributed by atoms with Gasteiger partial charge in [-0.2, -0.15) is 4.98 Å². The van der Waals surface area contributed by atoms with Gasteiger partial charge in [0, 0.05) is 23.2 Å². The van der Waals surface area contributed by atoms with Gasteiger partial charge < -0.3 is 14.8 Å². The third-order valence-corrected chi connectivity index (χ3v) is 7.38. The molecule has 0 radical (unpaired) electrons. The molecule has 0 bridgehead atoms. The minimum Gasteiger partial charge on any atom is -0.451 e. The van der Waals surface area contributed by atoms with Crippen LogP contribution in [0.4, 0.5) is 10.2 Å². The van der Waals surface area contributed by atoms with Gasteiger partial charge in [0.15, 0.2) is 17.7 Å². The van der Waals surface area contributed by atoms with Gasteiger partial charge in [0.1, 0.15) is 11.2 Å². The first kappa shape index (κ1) is 27.6. The number of anilines is 1. The Balaban J connectivity index is 1.63. The van der Waals surface area contributed by atoms with Crippen molar-refractivity contribution < 1.29 is 28.2 Å². The third kappa shape index (κ3) is 6.17. The average molecular weight is 580 g/mol. The predicted octanol–water partition coefficient (Wildman–Crippen LogP) is 4.81. The lowest BCUT2D eigenvalue weighted by molar-refractivity contribution is -0.114. The number of rotatable bonds is 6. The fourth-order valence-electron chi connectivity index (χ4n) is 3.70. The molecule has 2 heterocycles. The Bertz CT molecular complexity index is 1450. The van der Waals surface area contributed by atoms with Gasteiger partial charge in [-0.3, -0.25) is 9.36 Å². The van der Waals surface area contributed by atoms with E-state index in [1.54, 1.807) is 13.0 Å². The molecule has 3 aromatic rings. The Morgan fingerprint density at radius 1 is 1.03 bits per heavy atom. The van der Waals surface area contributed by atoms with Crippen molar-refractivity contribution in [2.24, 2.45) is 0 Å². The minimum atomic E-state index is -1.97. The molecule has 9 nitrogen and oxygen atoms in total. The maximum absolute atomic E-state index is 15.8. The summed E-state index contributed by atoms with van der Waals surface area (Å²) in [4.78, 5) is 53.4. The molecule has 1 aliphatic rings. The molecule has 13 heteroatoms. The second-order valence-electron chi connectivity index (χ2n) is 8.26. The largest absolute Gasteiger partial charge is 0.451 e. The molecule has 1 amide bonds. The standard InChI is InChI=1S/C25H20Cl2FN3O6S/c1-12-11-16(27)7-8-17(12)23(34)37-24-20(36-22(33)14-3-5-15(26)6-4-14)19(28)21(38-24)31-10-9-18(29-13(2)32)30-25(31)35/h3-11,19-21,24H,1-2H3,(H,29,30,32,35)/t19-,20-,21+,24+/m0/s1. The zero-order valence-electron chi connectivity index (χ0n) is 19.9. The van der Waals surface area contributed by atoms with Crippen LogP contribution in [-0.2, 0) is 14.3 Å². The van der Waals surface area contributed by atoms with Gasteiger partial charge >= 0.3 is 17.6 Å². The molecule has 4 rings (SSSR count). The molecule has 1 aromatic heterocycles. The molecule has 1 aliphatic heterocycles. The van der Waals surface area contributed by atoms with Crippen molar-refractivity contribution in [1.82, 2.24) is 9.55 Å². The van der Waals surface area contributed by atoms with E-state index in [9.17, 15) is 19.2 Å². The zero-order valence-corrected chi connectivity index (χ0v) is 22.2. The molecule has 4 atom stereocenters. The molecule has 0 saturated carbocycles. The Morgan fingerprint density at radius 2 is 1.71 bits per heavy atom. The molecule has 0 spiro atoms. The topological polar surface area (TPSA) is 117 Å². The number of carbonyl (C=O) groups is 3. The van der Waals surface area contributed by atoms with Gasteiger partial charge in [-0.25, -0.2) is 18.8 Å². The number of nitrogens with one attached hydrogen (secondary N) is 1. The summed E-state index contributed by atoms with van der Waals surface area (Å²) in [5.74, 6) is -2.11. The number of alkyl halides is 1. The number of aromatic nitrogens is 2.